The summed E-state index contributed by atoms with van der Waals surface area (Å²) in [5, 5.41) is 12.3. The maximum Gasteiger partial charge on any atom is 0.224 e. The molecule has 0 heterocycles. The summed E-state index contributed by atoms with van der Waals surface area (Å²) < 4.78 is 0. The Morgan fingerprint density at radius 1 is 0.808 bits per heavy atom. The molecule has 0 aliphatic rings. The largest absolute Gasteiger partial charge is 0.508 e. The molecule has 0 aromatic heterocycles. The molecule has 3 aromatic rings. The molecule has 3 aromatic carbocycles. The molecule has 132 valence electrons. The van der Waals surface area contributed by atoms with Crippen molar-refractivity contribution in [3.8, 4) is 5.75 Å². The summed E-state index contributed by atoms with van der Waals surface area (Å²) in [6, 6.07) is 27.5. The molecular formula is C23H23NO2. The smallest absolute Gasteiger partial charge is 0.224 e. The van der Waals surface area contributed by atoms with Gasteiger partial charge in [-0.3, -0.25) is 4.79 Å². The van der Waals surface area contributed by atoms with Gasteiger partial charge in [0.05, 0.1) is 6.42 Å². The van der Waals surface area contributed by atoms with Crippen LogP contribution in [0, 0.1) is 0 Å². The molecule has 0 spiro atoms. The number of hydrogen-bond acceptors (Lipinski definition) is 2. The Balaban J connectivity index is 1.59. The topological polar surface area (TPSA) is 49.3 Å². The van der Waals surface area contributed by atoms with Crippen molar-refractivity contribution in [3.63, 3.8) is 0 Å². The number of amides is 1. The van der Waals surface area contributed by atoms with Gasteiger partial charge in [-0.15, -0.1) is 0 Å². The van der Waals surface area contributed by atoms with Gasteiger partial charge in [-0.1, -0.05) is 72.8 Å². The highest BCUT2D eigenvalue weighted by molar-refractivity contribution is 5.78. The molecule has 0 saturated carbocycles. The predicted octanol–water partition coefficient (Wildman–Crippen LogP) is 4.27. The Hall–Kier alpha value is -3.07. The monoisotopic (exact) mass is 345 g/mol. The summed E-state index contributed by atoms with van der Waals surface area (Å²) in [4.78, 5) is 12.2. The molecule has 3 heteroatoms. The lowest BCUT2D eigenvalue weighted by Crippen LogP contribution is -2.27. The number of phenolic OH excluding ortho intramolecular Hbond substituents is 1. The number of nitrogens with one attached hydrogen (secondary N) is 1. The first-order valence-corrected chi connectivity index (χ1v) is 8.87. The van der Waals surface area contributed by atoms with Gasteiger partial charge in [0.2, 0.25) is 5.91 Å². The van der Waals surface area contributed by atoms with Crippen LogP contribution in [0.5, 0.6) is 5.75 Å². The van der Waals surface area contributed by atoms with E-state index in [0.29, 0.717) is 13.0 Å². The van der Waals surface area contributed by atoms with Crippen LogP contribution in [0.3, 0.4) is 0 Å². The van der Waals surface area contributed by atoms with E-state index < -0.39 is 0 Å². The summed E-state index contributed by atoms with van der Waals surface area (Å²) in [5.41, 5.74) is 3.40. The molecule has 0 fully saturated rings. The third-order valence-corrected chi connectivity index (χ3v) is 4.46. The Labute approximate surface area is 154 Å². The first-order valence-electron chi connectivity index (χ1n) is 8.87. The highest BCUT2D eigenvalue weighted by Crippen LogP contribution is 2.27. The van der Waals surface area contributed by atoms with Gasteiger partial charge in [-0.05, 0) is 35.2 Å². The molecular weight excluding hydrogens is 322 g/mol. The van der Waals surface area contributed by atoms with Crippen molar-refractivity contribution < 1.29 is 9.90 Å². The number of carbonyl (C=O) groups is 1. The SMILES string of the molecule is O=C(Cc1ccc(O)cc1)NCCC(c1ccccc1)c1ccccc1. The Morgan fingerprint density at radius 3 is 1.88 bits per heavy atom. The van der Waals surface area contributed by atoms with Gasteiger partial charge in [0, 0.05) is 12.5 Å². The normalized spacial score (nSPS) is 10.7. The molecule has 0 radical (unpaired) electrons. The molecule has 0 aliphatic heterocycles. The van der Waals surface area contributed by atoms with Crippen molar-refractivity contribution in [1.29, 1.82) is 0 Å². The number of aromatic hydroxyl groups is 1. The Bertz CT molecular complexity index is 774. The minimum atomic E-state index is -0.00411. The quantitative estimate of drug-likeness (QED) is 0.672. The van der Waals surface area contributed by atoms with Crippen LogP contribution in [0.25, 0.3) is 0 Å². The fourth-order valence-corrected chi connectivity index (χ4v) is 3.11. The molecule has 0 aliphatic carbocycles. The van der Waals surface area contributed by atoms with Crippen LogP contribution in [0.2, 0.25) is 0 Å². The Kier molecular flexibility index (Phi) is 6.05. The third-order valence-electron chi connectivity index (χ3n) is 4.46. The van der Waals surface area contributed by atoms with Crippen molar-refractivity contribution in [2.24, 2.45) is 0 Å². The zero-order valence-electron chi connectivity index (χ0n) is 14.6. The van der Waals surface area contributed by atoms with Crippen LogP contribution in [0.15, 0.2) is 84.9 Å². The van der Waals surface area contributed by atoms with Gasteiger partial charge in [-0.2, -0.15) is 0 Å². The maximum absolute atomic E-state index is 12.2. The molecule has 1 amide bonds. The van der Waals surface area contributed by atoms with Crippen LogP contribution < -0.4 is 5.32 Å². The summed E-state index contributed by atoms with van der Waals surface area (Å²) >= 11 is 0. The molecule has 0 atom stereocenters. The minimum Gasteiger partial charge on any atom is -0.508 e. The van der Waals surface area contributed by atoms with E-state index in [1.54, 1.807) is 24.3 Å². The van der Waals surface area contributed by atoms with Crippen LogP contribution in [0.4, 0.5) is 0 Å². The second-order valence-corrected chi connectivity index (χ2v) is 6.36. The van der Waals surface area contributed by atoms with Gasteiger partial charge >= 0.3 is 0 Å². The van der Waals surface area contributed by atoms with Crippen LogP contribution in [0.1, 0.15) is 29.0 Å². The summed E-state index contributed by atoms with van der Waals surface area (Å²) in [7, 11) is 0. The van der Waals surface area contributed by atoms with Crippen molar-refractivity contribution in [2.45, 2.75) is 18.8 Å². The van der Waals surface area contributed by atoms with Crippen molar-refractivity contribution >= 4 is 5.91 Å². The first kappa shape index (κ1) is 17.7. The highest BCUT2D eigenvalue weighted by atomic mass is 16.3. The van der Waals surface area contributed by atoms with Crippen LogP contribution in [-0.2, 0) is 11.2 Å². The fourth-order valence-electron chi connectivity index (χ4n) is 3.11. The second-order valence-electron chi connectivity index (χ2n) is 6.36. The zero-order chi connectivity index (χ0) is 18.2. The summed E-state index contributed by atoms with van der Waals surface area (Å²) in [6.07, 6.45) is 1.16. The van der Waals surface area contributed by atoms with E-state index in [-0.39, 0.29) is 17.6 Å². The van der Waals surface area contributed by atoms with E-state index >= 15 is 0 Å². The molecule has 3 rings (SSSR count). The zero-order valence-corrected chi connectivity index (χ0v) is 14.6. The number of phenols is 1. The number of carbonyl (C=O) groups excluding carboxylic acids is 1. The lowest BCUT2D eigenvalue weighted by atomic mass is 9.88. The molecule has 3 nitrogen and oxygen atoms in total. The van der Waals surface area contributed by atoms with E-state index in [1.165, 1.54) is 11.1 Å². The molecule has 0 unspecified atom stereocenters. The number of hydrogen-bond donors (Lipinski definition) is 2. The summed E-state index contributed by atoms with van der Waals surface area (Å²) in [6.45, 7) is 0.616. The van der Waals surface area contributed by atoms with E-state index in [2.05, 4.69) is 53.8 Å². The second kappa shape index (κ2) is 8.86. The van der Waals surface area contributed by atoms with E-state index in [0.717, 1.165) is 12.0 Å². The van der Waals surface area contributed by atoms with Crippen molar-refractivity contribution in [1.82, 2.24) is 5.32 Å². The van der Waals surface area contributed by atoms with Crippen LogP contribution in [-0.4, -0.2) is 17.6 Å². The van der Waals surface area contributed by atoms with E-state index in [9.17, 15) is 9.90 Å². The van der Waals surface area contributed by atoms with E-state index in [4.69, 9.17) is 0 Å². The first-order chi connectivity index (χ1) is 12.7. The lowest BCUT2D eigenvalue weighted by Gasteiger charge is -2.18. The molecule has 0 saturated heterocycles. The minimum absolute atomic E-state index is 0.00411. The third kappa shape index (κ3) is 4.96. The average Bonchev–Trinajstić information content (AvgIpc) is 2.68. The van der Waals surface area contributed by atoms with Gasteiger partial charge < -0.3 is 10.4 Å². The van der Waals surface area contributed by atoms with Gasteiger partial charge in [-0.25, -0.2) is 0 Å². The molecule has 26 heavy (non-hydrogen) atoms. The number of rotatable bonds is 7. The van der Waals surface area contributed by atoms with Gasteiger partial charge in [0.1, 0.15) is 5.75 Å². The maximum atomic E-state index is 12.2. The van der Waals surface area contributed by atoms with Crippen molar-refractivity contribution in [2.75, 3.05) is 6.54 Å². The van der Waals surface area contributed by atoms with E-state index in [1.807, 2.05) is 12.1 Å². The van der Waals surface area contributed by atoms with Gasteiger partial charge in [0.25, 0.3) is 0 Å². The molecule has 0 bridgehead atoms. The van der Waals surface area contributed by atoms with Crippen LogP contribution >= 0.6 is 0 Å². The summed E-state index contributed by atoms with van der Waals surface area (Å²) in [5.74, 6) is 0.463. The van der Waals surface area contributed by atoms with Gasteiger partial charge in [0.15, 0.2) is 0 Å². The standard InChI is InChI=1S/C23H23NO2/c25-21-13-11-18(12-14-21)17-23(26)24-16-15-22(19-7-3-1-4-8-19)20-9-5-2-6-10-20/h1-14,22,25H,15-17H2,(H,24,26). The average molecular weight is 345 g/mol. The van der Waals surface area contributed by atoms with Crippen molar-refractivity contribution in [3.05, 3.63) is 102 Å². The fraction of sp³-hybridized carbons (Fsp3) is 0.174. The molecule has 2 N–H and O–H groups in total. The highest BCUT2D eigenvalue weighted by Gasteiger charge is 2.14. The Morgan fingerprint density at radius 2 is 1.35 bits per heavy atom. The predicted molar refractivity (Wildman–Crippen MR) is 104 cm³/mol. The number of benzene rings is 3. The lowest BCUT2D eigenvalue weighted by molar-refractivity contribution is -0.120.